The molecule has 1 atom stereocenters. The summed E-state index contributed by atoms with van der Waals surface area (Å²) >= 11 is 0. The van der Waals surface area contributed by atoms with Gasteiger partial charge in [-0.25, -0.2) is 0 Å². The highest BCUT2D eigenvalue weighted by Crippen LogP contribution is 2.25. The van der Waals surface area contributed by atoms with Gasteiger partial charge in [0.05, 0.1) is 19.0 Å². The van der Waals surface area contributed by atoms with Crippen LogP contribution >= 0.6 is 0 Å². The Balaban J connectivity index is 1.54. The summed E-state index contributed by atoms with van der Waals surface area (Å²) in [6, 6.07) is 8.39. The van der Waals surface area contributed by atoms with Crippen LogP contribution < -0.4 is 0 Å². The summed E-state index contributed by atoms with van der Waals surface area (Å²) in [5, 5.41) is 5.50. The summed E-state index contributed by atoms with van der Waals surface area (Å²) in [7, 11) is 0. The standard InChI is InChI=1S/C20H24N4O/c1-15-6-4-8-18-20(15)16(13-21-18)12-19(25)24-11-3-2-7-17(24)14-23-10-5-9-22-23/h4-6,8-10,13,17,21H,2-3,7,11-12,14H2,1H3. The van der Waals surface area contributed by atoms with E-state index < -0.39 is 0 Å². The third kappa shape index (κ3) is 3.18. The molecule has 1 N–H and O–H groups in total. The van der Waals surface area contributed by atoms with Gasteiger partial charge in [0.15, 0.2) is 0 Å². The Labute approximate surface area is 147 Å². The predicted octanol–water partition coefficient (Wildman–Crippen LogP) is 3.30. The number of hydrogen-bond donors (Lipinski definition) is 1. The number of H-pyrrole nitrogens is 1. The molecule has 4 rings (SSSR count). The molecule has 1 aromatic carbocycles. The molecule has 25 heavy (non-hydrogen) atoms. The second-order valence-corrected chi connectivity index (χ2v) is 6.95. The van der Waals surface area contributed by atoms with Crippen LogP contribution in [0, 0.1) is 6.92 Å². The number of hydrogen-bond acceptors (Lipinski definition) is 2. The molecular formula is C20H24N4O. The number of amides is 1. The van der Waals surface area contributed by atoms with E-state index in [1.54, 1.807) is 6.20 Å². The molecule has 1 fully saturated rings. The van der Waals surface area contributed by atoms with E-state index >= 15 is 0 Å². The first-order valence-corrected chi connectivity index (χ1v) is 9.05. The lowest BCUT2D eigenvalue weighted by Gasteiger charge is -2.36. The molecular weight excluding hydrogens is 312 g/mol. The van der Waals surface area contributed by atoms with Gasteiger partial charge in [-0.15, -0.1) is 0 Å². The van der Waals surface area contributed by atoms with Crippen molar-refractivity contribution in [1.82, 2.24) is 19.7 Å². The summed E-state index contributed by atoms with van der Waals surface area (Å²) in [4.78, 5) is 18.4. The molecule has 5 heteroatoms. The monoisotopic (exact) mass is 336 g/mol. The van der Waals surface area contributed by atoms with Crippen molar-refractivity contribution in [3.8, 4) is 0 Å². The summed E-state index contributed by atoms with van der Waals surface area (Å²) in [6.45, 7) is 3.74. The highest BCUT2D eigenvalue weighted by Gasteiger charge is 2.27. The van der Waals surface area contributed by atoms with Gasteiger partial charge in [-0.05, 0) is 49.4 Å². The van der Waals surface area contributed by atoms with Crippen molar-refractivity contribution in [3.63, 3.8) is 0 Å². The summed E-state index contributed by atoms with van der Waals surface area (Å²) < 4.78 is 1.94. The van der Waals surface area contributed by atoms with Gasteiger partial charge in [-0.1, -0.05) is 12.1 Å². The molecule has 0 saturated carbocycles. The third-order valence-electron chi connectivity index (χ3n) is 5.24. The number of likely N-dealkylation sites (tertiary alicyclic amines) is 1. The minimum atomic E-state index is 0.223. The largest absolute Gasteiger partial charge is 0.361 e. The van der Waals surface area contributed by atoms with Crippen molar-refractivity contribution in [1.29, 1.82) is 0 Å². The molecule has 2 aromatic heterocycles. The van der Waals surface area contributed by atoms with Gasteiger partial charge < -0.3 is 9.88 Å². The minimum absolute atomic E-state index is 0.223. The Morgan fingerprint density at radius 3 is 3.08 bits per heavy atom. The van der Waals surface area contributed by atoms with Crippen LogP contribution in [0.1, 0.15) is 30.4 Å². The lowest BCUT2D eigenvalue weighted by atomic mass is 10.00. The van der Waals surface area contributed by atoms with Crippen molar-refractivity contribution in [2.24, 2.45) is 0 Å². The average molecular weight is 336 g/mol. The molecule has 1 aliphatic heterocycles. The average Bonchev–Trinajstić information content (AvgIpc) is 3.26. The number of aryl methyl sites for hydroxylation is 1. The van der Waals surface area contributed by atoms with E-state index in [9.17, 15) is 4.79 Å². The zero-order chi connectivity index (χ0) is 17.2. The molecule has 5 nitrogen and oxygen atoms in total. The van der Waals surface area contributed by atoms with Crippen molar-refractivity contribution in [3.05, 3.63) is 54.0 Å². The molecule has 0 bridgehead atoms. The second kappa shape index (κ2) is 6.75. The lowest BCUT2D eigenvalue weighted by molar-refractivity contribution is -0.134. The number of piperidine rings is 1. The molecule has 0 radical (unpaired) electrons. The van der Waals surface area contributed by atoms with E-state index in [0.717, 1.165) is 37.0 Å². The van der Waals surface area contributed by atoms with Crippen LogP contribution in [0.2, 0.25) is 0 Å². The SMILES string of the molecule is Cc1cccc2[nH]cc(CC(=O)N3CCCCC3Cn3cccn3)c12. The van der Waals surface area contributed by atoms with E-state index in [1.165, 1.54) is 17.4 Å². The molecule has 130 valence electrons. The van der Waals surface area contributed by atoms with Crippen molar-refractivity contribution < 1.29 is 4.79 Å². The number of benzene rings is 1. The second-order valence-electron chi connectivity index (χ2n) is 6.95. The highest BCUT2D eigenvalue weighted by atomic mass is 16.2. The number of aromatic nitrogens is 3. The number of nitrogens with one attached hydrogen (secondary N) is 1. The number of rotatable bonds is 4. The predicted molar refractivity (Wildman–Crippen MR) is 98.3 cm³/mol. The quantitative estimate of drug-likeness (QED) is 0.795. The Morgan fingerprint density at radius 2 is 2.24 bits per heavy atom. The highest BCUT2D eigenvalue weighted by molar-refractivity contribution is 5.91. The Kier molecular flexibility index (Phi) is 4.30. The number of carbonyl (C=O) groups excluding carboxylic acids is 1. The van der Waals surface area contributed by atoms with Gasteiger partial charge in [0, 0.05) is 36.0 Å². The van der Waals surface area contributed by atoms with Crippen LogP contribution in [-0.2, 0) is 17.8 Å². The molecule has 1 aliphatic rings. The molecule has 0 spiro atoms. The van der Waals surface area contributed by atoms with Crippen LogP contribution in [0.5, 0.6) is 0 Å². The summed E-state index contributed by atoms with van der Waals surface area (Å²) in [5.41, 5.74) is 3.42. The Hall–Kier alpha value is -2.56. The first-order valence-electron chi connectivity index (χ1n) is 9.05. The van der Waals surface area contributed by atoms with Gasteiger partial charge in [0.1, 0.15) is 0 Å². The van der Waals surface area contributed by atoms with E-state index in [4.69, 9.17) is 0 Å². The number of carbonyl (C=O) groups is 1. The normalized spacial score (nSPS) is 18.0. The fraction of sp³-hybridized carbons (Fsp3) is 0.400. The van der Waals surface area contributed by atoms with Crippen LogP contribution in [0.4, 0.5) is 0 Å². The zero-order valence-corrected chi connectivity index (χ0v) is 14.6. The fourth-order valence-electron chi connectivity index (χ4n) is 4.00. The first-order chi connectivity index (χ1) is 12.2. The summed E-state index contributed by atoms with van der Waals surface area (Å²) in [5.74, 6) is 0.223. The van der Waals surface area contributed by atoms with E-state index in [0.29, 0.717) is 6.42 Å². The maximum atomic E-state index is 13.0. The van der Waals surface area contributed by atoms with Crippen LogP contribution in [0.25, 0.3) is 10.9 Å². The number of nitrogens with zero attached hydrogens (tertiary/aromatic N) is 3. The molecule has 3 aromatic rings. The topological polar surface area (TPSA) is 53.9 Å². The summed E-state index contributed by atoms with van der Waals surface area (Å²) in [6.07, 6.45) is 9.54. The van der Waals surface area contributed by atoms with Crippen molar-refractivity contribution in [2.45, 2.75) is 45.2 Å². The molecule has 0 aliphatic carbocycles. The number of aromatic amines is 1. The first kappa shape index (κ1) is 15.9. The van der Waals surface area contributed by atoms with Gasteiger partial charge in [-0.3, -0.25) is 9.48 Å². The third-order valence-corrected chi connectivity index (χ3v) is 5.24. The van der Waals surface area contributed by atoms with E-state index in [-0.39, 0.29) is 11.9 Å². The lowest BCUT2D eigenvalue weighted by Crippen LogP contribution is -2.46. The van der Waals surface area contributed by atoms with Gasteiger partial charge >= 0.3 is 0 Å². The van der Waals surface area contributed by atoms with Crippen molar-refractivity contribution in [2.75, 3.05) is 6.54 Å². The number of fused-ring (bicyclic) bond motifs is 1. The molecule has 1 saturated heterocycles. The van der Waals surface area contributed by atoms with Gasteiger partial charge in [0.25, 0.3) is 0 Å². The van der Waals surface area contributed by atoms with E-state index in [1.807, 2.05) is 29.2 Å². The minimum Gasteiger partial charge on any atom is -0.361 e. The van der Waals surface area contributed by atoms with Gasteiger partial charge in [-0.2, -0.15) is 5.10 Å². The zero-order valence-electron chi connectivity index (χ0n) is 14.6. The maximum Gasteiger partial charge on any atom is 0.227 e. The molecule has 1 amide bonds. The molecule has 3 heterocycles. The van der Waals surface area contributed by atoms with Crippen LogP contribution in [0.15, 0.2) is 42.9 Å². The smallest absolute Gasteiger partial charge is 0.227 e. The maximum absolute atomic E-state index is 13.0. The van der Waals surface area contributed by atoms with Crippen LogP contribution in [-0.4, -0.2) is 38.2 Å². The van der Waals surface area contributed by atoms with Gasteiger partial charge in [0.2, 0.25) is 5.91 Å². The molecule has 1 unspecified atom stereocenters. The fourth-order valence-corrected chi connectivity index (χ4v) is 4.00. The van der Waals surface area contributed by atoms with Crippen LogP contribution in [0.3, 0.4) is 0 Å². The Morgan fingerprint density at radius 1 is 1.32 bits per heavy atom. The Bertz CT molecular complexity index is 865. The van der Waals surface area contributed by atoms with Crippen molar-refractivity contribution >= 4 is 16.8 Å². The van der Waals surface area contributed by atoms with E-state index in [2.05, 4.69) is 34.0 Å².